The van der Waals surface area contributed by atoms with E-state index in [2.05, 4.69) is 84.9 Å². The van der Waals surface area contributed by atoms with E-state index in [9.17, 15) is 0 Å². The van der Waals surface area contributed by atoms with Crippen LogP contribution in [-0.2, 0) is 0 Å². The van der Waals surface area contributed by atoms with Crippen molar-refractivity contribution < 1.29 is 0 Å². The Bertz CT molecular complexity index is 2170. The Labute approximate surface area is 255 Å². The molecule has 0 aliphatic rings. The van der Waals surface area contributed by atoms with Crippen LogP contribution in [0.2, 0.25) is 0 Å². The fourth-order valence-electron chi connectivity index (χ4n) is 5.53. The number of fused-ring (bicyclic) bond motifs is 3. The molecule has 202 valence electrons. The summed E-state index contributed by atoms with van der Waals surface area (Å²) >= 11 is 0.0958. The van der Waals surface area contributed by atoms with Crippen molar-refractivity contribution in [3.8, 4) is 55.4 Å². The van der Waals surface area contributed by atoms with Gasteiger partial charge < -0.3 is 0 Å². The Hall–Kier alpha value is -5.22. The Morgan fingerprint density at radius 2 is 0.860 bits per heavy atom. The van der Waals surface area contributed by atoms with E-state index in [4.69, 9.17) is 19.9 Å². The van der Waals surface area contributed by atoms with Crippen LogP contribution in [0.25, 0.3) is 76.0 Å². The first-order chi connectivity index (χ1) is 21.3. The number of hydrogen-bond acceptors (Lipinski definition) is 4. The summed E-state index contributed by atoms with van der Waals surface area (Å²) in [6, 6.07) is 50.1. The molecule has 0 saturated heterocycles. The van der Waals surface area contributed by atoms with Gasteiger partial charge in [0, 0.05) is 0 Å². The monoisotopic (exact) mass is 616 g/mol. The summed E-state index contributed by atoms with van der Waals surface area (Å²) < 4.78 is 2.46. The summed E-state index contributed by atoms with van der Waals surface area (Å²) in [5, 5.41) is 2.34. The number of benzene rings is 6. The van der Waals surface area contributed by atoms with Gasteiger partial charge in [-0.3, -0.25) is 0 Å². The van der Waals surface area contributed by atoms with Crippen LogP contribution in [0.15, 0.2) is 146 Å². The predicted molar refractivity (Wildman–Crippen MR) is 177 cm³/mol. The van der Waals surface area contributed by atoms with Crippen molar-refractivity contribution in [2.75, 3.05) is 0 Å². The third kappa shape index (κ3) is 4.75. The molecule has 8 aromatic rings. The Morgan fingerprint density at radius 3 is 1.49 bits per heavy atom. The SMILES string of the molecule is c1ccc(-c2nc(-c3ccccc3)nc(-c3ccccc3-c3cc4[se]c(-c5ccccc5)nc4c4ccccc34)n2)cc1. The molecule has 0 aliphatic heterocycles. The van der Waals surface area contributed by atoms with Crippen molar-refractivity contribution in [2.45, 2.75) is 0 Å². The molecule has 0 bridgehead atoms. The molecular formula is C38H24N4Se. The van der Waals surface area contributed by atoms with E-state index < -0.39 is 0 Å². The second-order valence-corrected chi connectivity index (χ2v) is 12.4. The van der Waals surface area contributed by atoms with Gasteiger partial charge in [-0.2, -0.15) is 0 Å². The summed E-state index contributed by atoms with van der Waals surface area (Å²) in [5.41, 5.74) is 7.42. The zero-order valence-electron chi connectivity index (χ0n) is 23.1. The minimum absolute atomic E-state index is 0.0958. The van der Waals surface area contributed by atoms with Gasteiger partial charge in [0.2, 0.25) is 0 Å². The van der Waals surface area contributed by atoms with Crippen molar-refractivity contribution in [2.24, 2.45) is 0 Å². The van der Waals surface area contributed by atoms with Crippen LogP contribution in [0.5, 0.6) is 0 Å². The van der Waals surface area contributed by atoms with Gasteiger partial charge in [0.15, 0.2) is 0 Å². The summed E-state index contributed by atoms with van der Waals surface area (Å²) in [7, 11) is 0. The average molecular weight is 616 g/mol. The second kappa shape index (κ2) is 10.9. The van der Waals surface area contributed by atoms with Gasteiger partial charge in [0.05, 0.1) is 0 Å². The number of aromatic nitrogens is 4. The predicted octanol–water partition coefficient (Wildman–Crippen LogP) is 8.96. The van der Waals surface area contributed by atoms with Crippen molar-refractivity contribution in [1.82, 2.24) is 19.9 Å². The van der Waals surface area contributed by atoms with Crippen LogP contribution in [0.4, 0.5) is 0 Å². The van der Waals surface area contributed by atoms with E-state index in [1.807, 2.05) is 60.7 Å². The molecule has 0 saturated carbocycles. The summed E-state index contributed by atoms with van der Waals surface area (Å²) in [6.07, 6.45) is 0. The molecule has 0 radical (unpaired) electrons. The molecule has 6 aromatic carbocycles. The quantitative estimate of drug-likeness (QED) is 0.181. The van der Waals surface area contributed by atoms with Gasteiger partial charge >= 0.3 is 256 Å². The van der Waals surface area contributed by atoms with Crippen molar-refractivity contribution in [3.63, 3.8) is 0 Å². The van der Waals surface area contributed by atoms with Crippen LogP contribution in [0, 0.1) is 0 Å². The first-order valence-corrected chi connectivity index (χ1v) is 15.9. The zero-order valence-corrected chi connectivity index (χ0v) is 24.8. The van der Waals surface area contributed by atoms with Gasteiger partial charge in [0.1, 0.15) is 0 Å². The second-order valence-electron chi connectivity index (χ2n) is 10.3. The molecule has 5 heteroatoms. The Morgan fingerprint density at radius 1 is 0.372 bits per heavy atom. The van der Waals surface area contributed by atoms with Gasteiger partial charge in [-0.15, -0.1) is 0 Å². The first-order valence-electron chi connectivity index (χ1n) is 14.2. The molecule has 0 amide bonds. The Kier molecular flexibility index (Phi) is 6.45. The zero-order chi connectivity index (χ0) is 28.6. The minimum atomic E-state index is 0.0958. The first kappa shape index (κ1) is 25.5. The number of hydrogen-bond donors (Lipinski definition) is 0. The molecule has 2 aromatic heterocycles. The molecule has 2 heterocycles. The number of nitrogens with zero attached hydrogens (tertiary/aromatic N) is 4. The maximum absolute atomic E-state index is 5.17. The Balaban J connectivity index is 1.36. The molecule has 8 rings (SSSR count). The molecule has 0 fully saturated rings. The van der Waals surface area contributed by atoms with Crippen LogP contribution >= 0.6 is 0 Å². The van der Waals surface area contributed by atoms with Gasteiger partial charge in [-0.1, -0.05) is 0 Å². The van der Waals surface area contributed by atoms with E-state index in [0.29, 0.717) is 17.5 Å². The van der Waals surface area contributed by atoms with Gasteiger partial charge in [-0.25, -0.2) is 0 Å². The summed E-state index contributed by atoms with van der Waals surface area (Å²) in [6.45, 7) is 0. The van der Waals surface area contributed by atoms with Gasteiger partial charge in [0.25, 0.3) is 0 Å². The molecule has 0 N–H and O–H groups in total. The van der Waals surface area contributed by atoms with E-state index >= 15 is 0 Å². The summed E-state index contributed by atoms with van der Waals surface area (Å²) in [5.74, 6) is 1.96. The van der Waals surface area contributed by atoms with E-state index in [-0.39, 0.29) is 14.5 Å². The van der Waals surface area contributed by atoms with E-state index in [1.165, 1.54) is 26.2 Å². The van der Waals surface area contributed by atoms with Crippen LogP contribution in [-0.4, -0.2) is 34.4 Å². The topological polar surface area (TPSA) is 51.6 Å². The summed E-state index contributed by atoms with van der Waals surface area (Å²) in [4.78, 5) is 20.2. The fraction of sp³-hybridized carbons (Fsp3) is 0. The fourth-order valence-corrected chi connectivity index (χ4v) is 7.68. The van der Waals surface area contributed by atoms with Crippen molar-refractivity contribution >= 4 is 35.1 Å². The third-order valence-corrected chi connectivity index (χ3v) is 9.79. The standard InChI is InChI=1S/C38H24N4Se/c1-4-14-25(15-5-1)35-40-36(26-16-6-2-7-17-26)42-37(41-35)31-23-13-11-21-29(31)32-24-33-34(30-22-12-10-20-28(30)32)39-38(43-33)27-18-8-3-9-19-27/h1-24H. The third-order valence-electron chi connectivity index (χ3n) is 7.58. The molecule has 0 aliphatic carbocycles. The van der Waals surface area contributed by atoms with Crippen LogP contribution < -0.4 is 0 Å². The molecule has 0 spiro atoms. The maximum atomic E-state index is 5.17. The van der Waals surface area contributed by atoms with E-state index in [1.54, 1.807) is 0 Å². The van der Waals surface area contributed by atoms with Crippen molar-refractivity contribution in [3.05, 3.63) is 146 Å². The molecule has 0 unspecified atom stereocenters. The molecular weight excluding hydrogens is 591 g/mol. The van der Waals surface area contributed by atoms with Gasteiger partial charge in [-0.05, 0) is 0 Å². The van der Waals surface area contributed by atoms with Crippen LogP contribution in [0.3, 0.4) is 0 Å². The molecule has 0 atom stereocenters. The molecule has 4 nitrogen and oxygen atoms in total. The number of rotatable bonds is 5. The molecule has 43 heavy (non-hydrogen) atoms. The van der Waals surface area contributed by atoms with Crippen LogP contribution in [0.1, 0.15) is 0 Å². The van der Waals surface area contributed by atoms with Crippen molar-refractivity contribution in [1.29, 1.82) is 0 Å². The van der Waals surface area contributed by atoms with E-state index in [0.717, 1.165) is 32.3 Å². The normalized spacial score (nSPS) is 11.3. The average Bonchev–Trinajstić information content (AvgIpc) is 3.54.